The number of hydrogen-bond acceptors (Lipinski definition) is 2. The lowest BCUT2D eigenvalue weighted by Crippen LogP contribution is -2.34. The fourth-order valence-corrected chi connectivity index (χ4v) is 0.805. The van der Waals surface area contributed by atoms with Gasteiger partial charge in [-0.25, -0.2) is 0 Å². The lowest BCUT2D eigenvalue weighted by molar-refractivity contribution is -0.120. The van der Waals surface area contributed by atoms with E-state index in [0.29, 0.717) is 6.54 Å². The van der Waals surface area contributed by atoms with Crippen LogP contribution in [0.25, 0.3) is 0 Å². The van der Waals surface area contributed by atoms with E-state index in [1.165, 1.54) is 0 Å². The average Bonchev–Trinajstić information content (AvgIpc) is 2.14. The highest BCUT2D eigenvalue weighted by Crippen LogP contribution is 1.91. The second kappa shape index (κ2) is 7.80. The normalized spacial score (nSPS) is 9.69. The fraction of sp³-hybridized carbons (Fsp3) is 0.700. The van der Waals surface area contributed by atoms with E-state index in [-0.39, 0.29) is 5.91 Å². The Labute approximate surface area is 80.6 Å². The quantitative estimate of drug-likeness (QED) is 0.581. The monoisotopic (exact) mass is 184 g/mol. The van der Waals surface area contributed by atoms with Gasteiger partial charge in [0.2, 0.25) is 5.91 Å². The number of carbonyl (C=O) groups excluding carboxylic acids is 1. The van der Waals surface area contributed by atoms with Crippen molar-refractivity contribution in [3.63, 3.8) is 0 Å². The molecule has 0 aromatic rings. The van der Waals surface area contributed by atoms with E-state index in [1.807, 2.05) is 6.92 Å². The summed E-state index contributed by atoms with van der Waals surface area (Å²) in [6.07, 6.45) is 1.94. The second-order valence-corrected chi connectivity index (χ2v) is 3.06. The van der Waals surface area contributed by atoms with Gasteiger partial charge >= 0.3 is 0 Å². The molecule has 2 N–H and O–H groups in total. The predicted molar refractivity (Wildman–Crippen MR) is 55.6 cm³/mol. The number of nitrogens with one attached hydrogen (secondary N) is 2. The van der Waals surface area contributed by atoms with Crippen LogP contribution in [0.4, 0.5) is 0 Å². The average molecular weight is 184 g/mol. The van der Waals surface area contributed by atoms with Crippen molar-refractivity contribution in [2.45, 2.75) is 26.7 Å². The minimum Gasteiger partial charge on any atom is -0.355 e. The molecule has 3 heteroatoms. The minimum absolute atomic E-state index is 0.0609. The Morgan fingerprint density at radius 3 is 2.54 bits per heavy atom. The summed E-state index contributed by atoms with van der Waals surface area (Å²) in [5.41, 5.74) is 1.13. The topological polar surface area (TPSA) is 41.1 Å². The molecular weight excluding hydrogens is 164 g/mol. The molecule has 0 unspecified atom stereocenters. The van der Waals surface area contributed by atoms with Crippen LogP contribution in [0.15, 0.2) is 12.2 Å². The highest BCUT2D eigenvalue weighted by atomic mass is 16.1. The molecule has 0 atom stereocenters. The largest absolute Gasteiger partial charge is 0.355 e. The summed E-state index contributed by atoms with van der Waals surface area (Å²) in [4.78, 5) is 11.1. The third-order valence-electron chi connectivity index (χ3n) is 1.73. The van der Waals surface area contributed by atoms with Crippen molar-refractivity contribution in [3.05, 3.63) is 12.2 Å². The van der Waals surface area contributed by atoms with Gasteiger partial charge < -0.3 is 10.6 Å². The first-order chi connectivity index (χ1) is 6.20. The van der Waals surface area contributed by atoms with Gasteiger partial charge in [-0.15, -0.1) is 0 Å². The molecule has 0 bridgehead atoms. The van der Waals surface area contributed by atoms with Gasteiger partial charge in [-0.05, 0) is 12.8 Å². The number of hydrogen-bond donors (Lipinski definition) is 2. The second-order valence-electron chi connectivity index (χ2n) is 3.06. The van der Waals surface area contributed by atoms with E-state index in [9.17, 15) is 4.79 Å². The smallest absolute Gasteiger partial charge is 0.233 e. The lowest BCUT2D eigenvalue weighted by Gasteiger charge is -2.06. The molecule has 0 aliphatic carbocycles. The van der Waals surface area contributed by atoms with Gasteiger partial charge in [0.25, 0.3) is 0 Å². The van der Waals surface area contributed by atoms with Gasteiger partial charge in [-0.3, -0.25) is 4.79 Å². The van der Waals surface area contributed by atoms with Crippen LogP contribution < -0.4 is 10.6 Å². The molecule has 0 aliphatic rings. The summed E-state index contributed by atoms with van der Waals surface area (Å²) in [6.45, 7) is 9.81. The standard InChI is InChI=1S/C10H20N2O/c1-4-6-12-10(13)8-11-7-9(3)5-2/h11H,3-8H2,1-2H3,(H,12,13). The Kier molecular flexibility index (Phi) is 7.30. The summed E-state index contributed by atoms with van der Waals surface area (Å²) in [5, 5.41) is 5.83. The Morgan fingerprint density at radius 2 is 2.00 bits per heavy atom. The van der Waals surface area contributed by atoms with Gasteiger partial charge in [-0.2, -0.15) is 0 Å². The first-order valence-corrected chi connectivity index (χ1v) is 4.84. The molecule has 76 valence electrons. The first-order valence-electron chi connectivity index (χ1n) is 4.84. The van der Waals surface area contributed by atoms with E-state index < -0.39 is 0 Å². The zero-order chi connectivity index (χ0) is 10.1. The zero-order valence-corrected chi connectivity index (χ0v) is 8.65. The van der Waals surface area contributed by atoms with Gasteiger partial charge in [-0.1, -0.05) is 26.0 Å². The van der Waals surface area contributed by atoms with E-state index in [1.54, 1.807) is 0 Å². The fourth-order valence-electron chi connectivity index (χ4n) is 0.805. The van der Waals surface area contributed by atoms with Crippen molar-refractivity contribution >= 4 is 5.91 Å². The van der Waals surface area contributed by atoms with E-state index in [2.05, 4.69) is 24.1 Å². The summed E-state index contributed by atoms with van der Waals surface area (Å²) < 4.78 is 0. The molecule has 0 rings (SSSR count). The Balaban J connectivity index is 3.31. The summed E-state index contributed by atoms with van der Waals surface area (Å²) in [5.74, 6) is 0.0609. The number of amides is 1. The van der Waals surface area contributed by atoms with E-state index in [0.717, 1.165) is 31.5 Å². The van der Waals surface area contributed by atoms with Crippen LogP contribution >= 0.6 is 0 Å². The van der Waals surface area contributed by atoms with Gasteiger partial charge in [0.15, 0.2) is 0 Å². The van der Waals surface area contributed by atoms with Crippen molar-refractivity contribution < 1.29 is 4.79 Å². The molecule has 13 heavy (non-hydrogen) atoms. The molecule has 0 radical (unpaired) electrons. The molecule has 0 saturated carbocycles. The molecular formula is C10H20N2O. The van der Waals surface area contributed by atoms with Gasteiger partial charge in [0, 0.05) is 13.1 Å². The summed E-state index contributed by atoms with van der Waals surface area (Å²) in [7, 11) is 0. The van der Waals surface area contributed by atoms with Crippen molar-refractivity contribution in [2.75, 3.05) is 19.6 Å². The molecule has 0 fully saturated rings. The van der Waals surface area contributed by atoms with E-state index in [4.69, 9.17) is 0 Å². The predicted octanol–water partition coefficient (Wildman–Crippen LogP) is 1.07. The van der Waals surface area contributed by atoms with Crippen LogP contribution in [0.3, 0.4) is 0 Å². The maximum atomic E-state index is 11.1. The van der Waals surface area contributed by atoms with Crippen LogP contribution in [0, 0.1) is 0 Å². The molecule has 0 saturated heterocycles. The molecule has 3 nitrogen and oxygen atoms in total. The van der Waals surface area contributed by atoms with Crippen molar-refractivity contribution in [1.82, 2.24) is 10.6 Å². The maximum Gasteiger partial charge on any atom is 0.233 e. The lowest BCUT2D eigenvalue weighted by atomic mass is 10.2. The zero-order valence-electron chi connectivity index (χ0n) is 8.65. The van der Waals surface area contributed by atoms with Crippen LogP contribution in [-0.4, -0.2) is 25.5 Å². The van der Waals surface area contributed by atoms with Crippen molar-refractivity contribution in [1.29, 1.82) is 0 Å². The third-order valence-corrected chi connectivity index (χ3v) is 1.73. The Hall–Kier alpha value is -0.830. The van der Waals surface area contributed by atoms with Gasteiger partial charge in [0.05, 0.1) is 6.54 Å². The highest BCUT2D eigenvalue weighted by molar-refractivity contribution is 5.77. The van der Waals surface area contributed by atoms with E-state index >= 15 is 0 Å². The SMILES string of the molecule is C=C(CC)CNCC(=O)NCCC. The Bertz CT molecular complexity index is 166. The van der Waals surface area contributed by atoms with Crippen LogP contribution in [0.1, 0.15) is 26.7 Å². The first kappa shape index (κ1) is 12.2. The van der Waals surface area contributed by atoms with Crippen LogP contribution in [0.2, 0.25) is 0 Å². The van der Waals surface area contributed by atoms with Crippen molar-refractivity contribution in [3.8, 4) is 0 Å². The van der Waals surface area contributed by atoms with Gasteiger partial charge in [0.1, 0.15) is 0 Å². The Morgan fingerprint density at radius 1 is 1.31 bits per heavy atom. The van der Waals surface area contributed by atoms with Crippen LogP contribution in [-0.2, 0) is 4.79 Å². The molecule has 0 aromatic heterocycles. The third kappa shape index (κ3) is 7.53. The minimum atomic E-state index is 0.0609. The molecule has 0 aromatic carbocycles. The molecule has 0 heterocycles. The summed E-state index contributed by atoms with van der Waals surface area (Å²) in [6, 6.07) is 0. The highest BCUT2D eigenvalue weighted by Gasteiger charge is 1.98. The maximum absolute atomic E-state index is 11.1. The van der Waals surface area contributed by atoms with Crippen molar-refractivity contribution in [2.24, 2.45) is 0 Å². The molecule has 1 amide bonds. The number of carbonyl (C=O) groups is 1. The molecule has 0 aliphatic heterocycles. The molecule has 0 spiro atoms. The summed E-state index contributed by atoms with van der Waals surface area (Å²) >= 11 is 0. The number of rotatable bonds is 7. The van der Waals surface area contributed by atoms with Crippen LogP contribution in [0.5, 0.6) is 0 Å².